The highest BCUT2D eigenvalue weighted by Gasteiger charge is 2.44. The molecule has 2 aliphatic rings. The summed E-state index contributed by atoms with van der Waals surface area (Å²) in [5, 5.41) is 2.65. The number of hydrogen-bond acceptors (Lipinski definition) is 3. The molecule has 1 aromatic carbocycles. The van der Waals surface area contributed by atoms with Gasteiger partial charge < -0.3 is 9.64 Å². The Morgan fingerprint density at radius 1 is 1.35 bits per heavy atom. The third-order valence-electron chi connectivity index (χ3n) is 4.53. The number of rotatable bonds is 2. The van der Waals surface area contributed by atoms with Gasteiger partial charge in [0.1, 0.15) is 16.7 Å². The zero-order chi connectivity index (χ0) is 13.7. The van der Waals surface area contributed by atoms with Crippen LogP contribution in [0.2, 0.25) is 5.15 Å². The van der Waals surface area contributed by atoms with E-state index < -0.39 is 0 Å². The van der Waals surface area contributed by atoms with E-state index in [2.05, 4.69) is 22.0 Å². The van der Waals surface area contributed by atoms with E-state index in [4.69, 9.17) is 16.3 Å². The highest BCUT2D eigenvalue weighted by Crippen LogP contribution is 2.45. The van der Waals surface area contributed by atoms with E-state index in [1.807, 2.05) is 12.1 Å². The first-order chi connectivity index (χ1) is 9.76. The molecular weight excluding hydrogens is 272 g/mol. The maximum absolute atomic E-state index is 6.38. The van der Waals surface area contributed by atoms with Crippen LogP contribution >= 0.6 is 11.6 Å². The normalized spacial score (nSPS) is 24.6. The maximum atomic E-state index is 6.38. The summed E-state index contributed by atoms with van der Waals surface area (Å²) < 4.78 is 5.25. The van der Waals surface area contributed by atoms with E-state index in [-0.39, 0.29) is 0 Å². The molecule has 3 nitrogen and oxygen atoms in total. The zero-order valence-electron chi connectivity index (χ0n) is 11.5. The quantitative estimate of drug-likeness (QED) is 0.784. The van der Waals surface area contributed by atoms with E-state index in [0.717, 1.165) is 34.8 Å². The number of pyridine rings is 1. The van der Waals surface area contributed by atoms with Crippen LogP contribution in [-0.2, 0) is 0 Å². The van der Waals surface area contributed by atoms with Crippen molar-refractivity contribution in [2.75, 3.05) is 18.6 Å². The van der Waals surface area contributed by atoms with Crippen molar-refractivity contribution >= 4 is 28.2 Å². The van der Waals surface area contributed by atoms with Crippen molar-refractivity contribution in [2.24, 2.45) is 5.92 Å². The minimum absolute atomic E-state index is 0.569. The van der Waals surface area contributed by atoms with Crippen molar-refractivity contribution in [1.29, 1.82) is 0 Å². The summed E-state index contributed by atoms with van der Waals surface area (Å²) in [4.78, 5) is 7.05. The van der Waals surface area contributed by atoms with E-state index in [9.17, 15) is 0 Å². The van der Waals surface area contributed by atoms with Gasteiger partial charge in [0.2, 0.25) is 0 Å². The molecule has 2 aromatic rings. The molecule has 1 aliphatic heterocycles. The molecule has 1 aromatic heterocycles. The third-order valence-corrected chi connectivity index (χ3v) is 4.82. The molecule has 0 N–H and O–H groups in total. The molecule has 0 spiro atoms. The molecule has 4 rings (SSSR count). The van der Waals surface area contributed by atoms with Crippen molar-refractivity contribution in [3.05, 3.63) is 29.4 Å². The lowest BCUT2D eigenvalue weighted by molar-refractivity contribution is 0.415. The molecule has 0 amide bonds. The van der Waals surface area contributed by atoms with Crippen molar-refractivity contribution in [3.63, 3.8) is 0 Å². The number of halogens is 1. The van der Waals surface area contributed by atoms with Crippen LogP contribution in [0.15, 0.2) is 24.3 Å². The molecular formula is C16H17ClN2O. The molecule has 104 valence electrons. The Labute approximate surface area is 123 Å². The van der Waals surface area contributed by atoms with Crippen LogP contribution in [-0.4, -0.2) is 24.7 Å². The van der Waals surface area contributed by atoms with E-state index in [0.29, 0.717) is 11.2 Å². The van der Waals surface area contributed by atoms with Crippen LogP contribution in [0.4, 0.5) is 5.82 Å². The van der Waals surface area contributed by atoms with Crippen molar-refractivity contribution < 1.29 is 4.74 Å². The van der Waals surface area contributed by atoms with Gasteiger partial charge in [0.15, 0.2) is 0 Å². The number of fused-ring (bicyclic) bond motifs is 2. The summed E-state index contributed by atoms with van der Waals surface area (Å²) in [7, 11) is 1.66. The van der Waals surface area contributed by atoms with Gasteiger partial charge in [-0.15, -0.1) is 0 Å². The summed E-state index contributed by atoms with van der Waals surface area (Å²) in [6, 6.07) is 8.83. The number of aromatic nitrogens is 1. The molecule has 4 heteroatoms. The molecule has 20 heavy (non-hydrogen) atoms. The van der Waals surface area contributed by atoms with Crippen LogP contribution in [0.5, 0.6) is 5.75 Å². The number of benzene rings is 1. The van der Waals surface area contributed by atoms with Gasteiger partial charge in [0.25, 0.3) is 0 Å². The summed E-state index contributed by atoms with van der Waals surface area (Å²) in [6.07, 6.45) is 3.96. The SMILES string of the molecule is COc1ccc2cc(N3CCCC4CC43)nc(Cl)c2c1. The van der Waals surface area contributed by atoms with Gasteiger partial charge in [-0.25, -0.2) is 4.98 Å². The van der Waals surface area contributed by atoms with Gasteiger partial charge in [0.05, 0.1) is 7.11 Å². The monoisotopic (exact) mass is 288 g/mol. The lowest BCUT2D eigenvalue weighted by Gasteiger charge is -2.28. The Morgan fingerprint density at radius 3 is 3.10 bits per heavy atom. The predicted molar refractivity (Wildman–Crippen MR) is 81.8 cm³/mol. The summed E-state index contributed by atoms with van der Waals surface area (Å²) in [5.41, 5.74) is 0. The highest BCUT2D eigenvalue weighted by molar-refractivity contribution is 6.34. The number of piperidine rings is 1. The fraction of sp³-hybridized carbons (Fsp3) is 0.438. The lowest BCUT2D eigenvalue weighted by Crippen LogP contribution is -2.32. The first kappa shape index (κ1) is 12.3. The standard InChI is InChI=1S/C16H17ClN2O/c1-20-12-5-4-10-8-15(18-16(17)13(10)9-12)19-6-2-3-11-7-14(11)19/h4-5,8-9,11,14H,2-3,6-7H2,1H3. The smallest absolute Gasteiger partial charge is 0.139 e. The van der Waals surface area contributed by atoms with Crippen LogP contribution in [0.3, 0.4) is 0 Å². The van der Waals surface area contributed by atoms with Gasteiger partial charge >= 0.3 is 0 Å². The number of nitrogens with zero attached hydrogens (tertiary/aromatic N) is 2. The largest absolute Gasteiger partial charge is 0.497 e. The Kier molecular flexibility index (Phi) is 2.77. The summed E-state index contributed by atoms with van der Waals surface area (Å²) >= 11 is 6.38. The Hall–Kier alpha value is -1.48. The van der Waals surface area contributed by atoms with Crippen molar-refractivity contribution in [2.45, 2.75) is 25.3 Å². The number of anilines is 1. The molecule has 1 saturated carbocycles. The molecule has 2 atom stereocenters. The van der Waals surface area contributed by atoms with Gasteiger partial charge in [-0.2, -0.15) is 0 Å². The fourth-order valence-electron chi connectivity index (χ4n) is 3.34. The zero-order valence-corrected chi connectivity index (χ0v) is 12.2. The average molecular weight is 289 g/mol. The molecule has 0 bridgehead atoms. The van der Waals surface area contributed by atoms with Crippen molar-refractivity contribution in [3.8, 4) is 5.75 Å². The Bertz CT molecular complexity index is 673. The minimum Gasteiger partial charge on any atom is -0.497 e. The van der Waals surface area contributed by atoms with Crippen LogP contribution in [0, 0.1) is 5.92 Å². The van der Waals surface area contributed by atoms with Gasteiger partial charge in [-0.05, 0) is 48.8 Å². The molecule has 0 radical (unpaired) electrons. The third kappa shape index (κ3) is 1.92. The molecule has 2 fully saturated rings. The second kappa shape index (κ2) is 4.52. The van der Waals surface area contributed by atoms with Crippen molar-refractivity contribution in [1.82, 2.24) is 4.98 Å². The molecule has 1 saturated heterocycles. The predicted octanol–water partition coefficient (Wildman–Crippen LogP) is 3.89. The average Bonchev–Trinajstić information content (AvgIpc) is 3.26. The second-order valence-corrected chi connectivity index (χ2v) is 6.12. The first-order valence-corrected chi connectivity index (χ1v) is 7.55. The van der Waals surface area contributed by atoms with Crippen LogP contribution in [0.25, 0.3) is 10.8 Å². The minimum atomic E-state index is 0.569. The van der Waals surface area contributed by atoms with Gasteiger partial charge in [-0.3, -0.25) is 0 Å². The second-order valence-electron chi connectivity index (χ2n) is 5.76. The van der Waals surface area contributed by atoms with E-state index in [1.165, 1.54) is 19.3 Å². The van der Waals surface area contributed by atoms with E-state index in [1.54, 1.807) is 7.11 Å². The van der Waals surface area contributed by atoms with Crippen LogP contribution < -0.4 is 9.64 Å². The molecule has 1 aliphatic carbocycles. The van der Waals surface area contributed by atoms with E-state index >= 15 is 0 Å². The number of hydrogen-bond donors (Lipinski definition) is 0. The summed E-state index contributed by atoms with van der Waals surface area (Å²) in [5.74, 6) is 2.73. The molecule has 2 heterocycles. The topological polar surface area (TPSA) is 25.4 Å². The Balaban J connectivity index is 1.78. The maximum Gasteiger partial charge on any atom is 0.139 e. The summed E-state index contributed by atoms with van der Waals surface area (Å²) in [6.45, 7) is 1.10. The van der Waals surface area contributed by atoms with Gasteiger partial charge in [-0.1, -0.05) is 17.7 Å². The Morgan fingerprint density at radius 2 is 2.25 bits per heavy atom. The van der Waals surface area contributed by atoms with Crippen LogP contribution in [0.1, 0.15) is 19.3 Å². The number of ether oxygens (including phenoxy) is 1. The number of methoxy groups -OCH3 is 1. The van der Waals surface area contributed by atoms with Gasteiger partial charge in [0, 0.05) is 18.0 Å². The highest BCUT2D eigenvalue weighted by atomic mass is 35.5. The fourth-order valence-corrected chi connectivity index (χ4v) is 3.59. The molecule has 2 unspecified atom stereocenters. The lowest BCUT2D eigenvalue weighted by atomic mass is 10.1. The first-order valence-electron chi connectivity index (χ1n) is 7.17.